The molecule has 0 aliphatic carbocycles. The molecule has 1 heterocycles. The average Bonchev–Trinajstić information content (AvgIpc) is 2.65. The second-order valence-electron chi connectivity index (χ2n) is 8.97. The highest BCUT2D eigenvalue weighted by atomic mass is 32.2. The molecule has 0 spiro atoms. The van der Waals surface area contributed by atoms with Crippen LogP contribution in [0.15, 0.2) is 24.3 Å². The number of ether oxygens (including phenoxy) is 1. The summed E-state index contributed by atoms with van der Waals surface area (Å²) in [4.78, 5) is 26.7. The van der Waals surface area contributed by atoms with Crippen LogP contribution in [-0.2, 0) is 19.0 Å². The molecule has 1 aliphatic rings. The Morgan fingerprint density at radius 1 is 1.16 bits per heavy atom. The lowest BCUT2D eigenvalue weighted by Crippen LogP contribution is -2.38. The number of nitrogens with zero attached hydrogens (tertiary/aromatic N) is 1. The monoisotopic (exact) mass is 454 g/mol. The number of rotatable bonds is 8. The van der Waals surface area contributed by atoms with Crippen molar-refractivity contribution in [3.05, 3.63) is 29.8 Å². The molecule has 1 aromatic rings. The van der Waals surface area contributed by atoms with Gasteiger partial charge in [0.2, 0.25) is 0 Å². The number of hydrogen-bond donors (Lipinski definition) is 1. The molecule has 1 aromatic carbocycles. The van der Waals surface area contributed by atoms with E-state index < -0.39 is 21.8 Å². The summed E-state index contributed by atoms with van der Waals surface area (Å²) in [6, 6.07) is 6.88. The largest absolute Gasteiger partial charge is 0.444 e. The molecule has 9 heteroatoms. The van der Waals surface area contributed by atoms with Crippen molar-refractivity contribution in [2.45, 2.75) is 58.5 Å². The standard InChI is InChI=1S/C22H34N2O6S/c1-22(2,3)30-21(26)23-19-10-7-9-18(16-19)20(25)24-13-11-17(12-14-24)8-5-6-15-29-31(4,27)28/h7,9-10,16-17H,5-6,8,11-15H2,1-4H3,(H,23,26). The van der Waals surface area contributed by atoms with Gasteiger partial charge in [0.15, 0.2) is 0 Å². The summed E-state index contributed by atoms with van der Waals surface area (Å²) >= 11 is 0. The first-order valence-corrected chi connectivity index (χ1v) is 12.5. The third-order valence-electron chi connectivity index (χ3n) is 4.96. The zero-order chi connectivity index (χ0) is 23.1. The van der Waals surface area contributed by atoms with Crippen LogP contribution in [0.25, 0.3) is 0 Å². The lowest BCUT2D eigenvalue weighted by molar-refractivity contribution is 0.0633. The SMILES string of the molecule is CC(C)(C)OC(=O)Nc1cccc(C(=O)N2CCC(CCCCOS(C)(=O)=O)CC2)c1. The van der Waals surface area contributed by atoms with Crippen molar-refractivity contribution in [1.82, 2.24) is 4.90 Å². The zero-order valence-electron chi connectivity index (χ0n) is 18.8. The highest BCUT2D eigenvalue weighted by molar-refractivity contribution is 7.85. The van der Waals surface area contributed by atoms with Crippen LogP contribution in [-0.4, -0.2) is 56.9 Å². The lowest BCUT2D eigenvalue weighted by Gasteiger charge is -2.32. The highest BCUT2D eigenvalue weighted by Gasteiger charge is 2.24. The summed E-state index contributed by atoms with van der Waals surface area (Å²) in [6.07, 6.45) is 4.98. The maximum atomic E-state index is 12.9. The van der Waals surface area contributed by atoms with Crippen LogP contribution in [0.5, 0.6) is 0 Å². The Morgan fingerprint density at radius 2 is 1.84 bits per heavy atom. The van der Waals surface area contributed by atoms with E-state index >= 15 is 0 Å². The Hall–Kier alpha value is -2.13. The van der Waals surface area contributed by atoms with Gasteiger partial charge < -0.3 is 9.64 Å². The lowest BCUT2D eigenvalue weighted by atomic mass is 9.91. The first kappa shape index (κ1) is 25.1. The third-order valence-corrected chi connectivity index (χ3v) is 5.56. The molecule has 1 N–H and O–H groups in total. The van der Waals surface area contributed by atoms with E-state index in [0.717, 1.165) is 31.9 Å². The predicted octanol–water partition coefficient (Wildman–Crippen LogP) is 4.03. The van der Waals surface area contributed by atoms with E-state index in [2.05, 4.69) is 5.32 Å². The highest BCUT2D eigenvalue weighted by Crippen LogP contribution is 2.24. The van der Waals surface area contributed by atoms with Gasteiger partial charge in [-0.25, -0.2) is 4.79 Å². The van der Waals surface area contributed by atoms with E-state index in [0.29, 0.717) is 36.7 Å². The maximum Gasteiger partial charge on any atom is 0.412 e. The quantitative estimate of drug-likeness (QED) is 0.470. The van der Waals surface area contributed by atoms with Crippen molar-refractivity contribution in [2.24, 2.45) is 5.92 Å². The van der Waals surface area contributed by atoms with Gasteiger partial charge in [-0.05, 0) is 64.2 Å². The minimum atomic E-state index is -3.37. The fourth-order valence-corrected chi connectivity index (χ4v) is 3.92. The Labute approximate surface area is 185 Å². The number of hydrogen-bond acceptors (Lipinski definition) is 6. The van der Waals surface area contributed by atoms with Gasteiger partial charge in [-0.15, -0.1) is 0 Å². The number of amides is 2. The molecule has 0 unspecified atom stereocenters. The molecule has 0 radical (unpaired) electrons. The second-order valence-corrected chi connectivity index (χ2v) is 10.6. The molecule has 0 aromatic heterocycles. The number of nitrogens with one attached hydrogen (secondary N) is 1. The van der Waals surface area contributed by atoms with E-state index in [1.807, 2.05) is 4.90 Å². The molecule has 0 saturated carbocycles. The van der Waals surface area contributed by atoms with E-state index in [-0.39, 0.29) is 12.5 Å². The first-order chi connectivity index (χ1) is 14.4. The number of anilines is 1. The Balaban J connectivity index is 1.78. The van der Waals surface area contributed by atoms with Gasteiger partial charge in [0.1, 0.15) is 5.60 Å². The molecular weight excluding hydrogens is 420 g/mol. The maximum absolute atomic E-state index is 12.9. The summed E-state index contributed by atoms with van der Waals surface area (Å²) < 4.78 is 31.9. The van der Waals surface area contributed by atoms with Crippen molar-refractivity contribution < 1.29 is 26.9 Å². The summed E-state index contributed by atoms with van der Waals surface area (Å²) in [5.74, 6) is 0.482. The molecule has 2 amide bonds. The van der Waals surface area contributed by atoms with Crippen molar-refractivity contribution in [3.8, 4) is 0 Å². The van der Waals surface area contributed by atoms with Crippen LogP contribution in [0.3, 0.4) is 0 Å². The molecule has 31 heavy (non-hydrogen) atoms. The van der Waals surface area contributed by atoms with Gasteiger partial charge in [0, 0.05) is 24.3 Å². The molecule has 1 saturated heterocycles. The van der Waals surface area contributed by atoms with Gasteiger partial charge in [0.05, 0.1) is 12.9 Å². The number of benzene rings is 1. The minimum Gasteiger partial charge on any atom is -0.444 e. The molecule has 8 nitrogen and oxygen atoms in total. The fraction of sp³-hybridized carbons (Fsp3) is 0.636. The summed E-state index contributed by atoms with van der Waals surface area (Å²) in [7, 11) is -3.37. The number of carbonyl (C=O) groups excluding carboxylic acids is 2. The Morgan fingerprint density at radius 3 is 2.45 bits per heavy atom. The minimum absolute atomic E-state index is 0.0483. The molecular formula is C22H34N2O6S. The molecule has 0 atom stereocenters. The Bertz CT molecular complexity index is 855. The topological polar surface area (TPSA) is 102 Å². The Kier molecular flexibility index (Phi) is 8.88. The van der Waals surface area contributed by atoms with Crippen LogP contribution < -0.4 is 5.32 Å². The number of likely N-dealkylation sites (tertiary alicyclic amines) is 1. The van der Waals surface area contributed by atoms with Crippen molar-refractivity contribution in [1.29, 1.82) is 0 Å². The summed E-state index contributed by atoms with van der Waals surface area (Å²) in [5.41, 5.74) is 0.457. The van der Waals surface area contributed by atoms with Crippen LogP contribution in [0.1, 0.15) is 63.2 Å². The number of carbonyl (C=O) groups is 2. The van der Waals surface area contributed by atoms with E-state index in [9.17, 15) is 18.0 Å². The average molecular weight is 455 g/mol. The van der Waals surface area contributed by atoms with Crippen molar-refractivity contribution in [2.75, 3.05) is 31.3 Å². The van der Waals surface area contributed by atoms with E-state index in [4.69, 9.17) is 8.92 Å². The second kappa shape index (κ2) is 10.9. The molecule has 174 valence electrons. The van der Waals surface area contributed by atoms with Gasteiger partial charge in [-0.2, -0.15) is 8.42 Å². The third kappa shape index (κ3) is 9.69. The molecule has 2 rings (SSSR count). The van der Waals surface area contributed by atoms with Crippen molar-refractivity contribution >= 4 is 27.8 Å². The van der Waals surface area contributed by atoms with E-state index in [1.54, 1.807) is 45.0 Å². The molecule has 0 bridgehead atoms. The number of unbranched alkanes of at least 4 members (excludes halogenated alkanes) is 1. The van der Waals surface area contributed by atoms with Gasteiger partial charge in [-0.3, -0.25) is 14.3 Å². The molecule has 1 aliphatic heterocycles. The van der Waals surface area contributed by atoms with Crippen LogP contribution in [0.2, 0.25) is 0 Å². The summed E-state index contributed by atoms with van der Waals surface area (Å²) in [5, 5.41) is 2.67. The van der Waals surface area contributed by atoms with Gasteiger partial charge in [-0.1, -0.05) is 18.9 Å². The zero-order valence-corrected chi connectivity index (χ0v) is 19.7. The summed E-state index contributed by atoms with van der Waals surface area (Å²) in [6.45, 7) is 6.97. The fourth-order valence-electron chi connectivity index (χ4n) is 3.50. The number of piperidine rings is 1. The van der Waals surface area contributed by atoms with Gasteiger partial charge in [0.25, 0.3) is 16.0 Å². The van der Waals surface area contributed by atoms with Gasteiger partial charge >= 0.3 is 6.09 Å². The smallest absolute Gasteiger partial charge is 0.412 e. The molecule has 1 fully saturated rings. The predicted molar refractivity (Wildman–Crippen MR) is 120 cm³/mol. The first-order valence-electron chi connectivity index (χ1n) is 10.7. The normalized spacial score (nSPS) is 15.5. The van der Waals surface area contributed by atoms with Crippen LogP contribution in [0, 0.1) is 5.92 Å². The van der Waals surface area contributed by atoms with Crippen molar-refractivity contribution in [3.63, 3.8) is 0 Å². The van der Waals surface area contributed by atoms with Crippen LogP contribution in [0.4, 0.5) is 10.5 Å². The van der Waals surface area contributed by atoms with E-state index in [1.165, 1.54) is 0 Å². The van der Waals surface area contributed by atoms with Crippen LogP contribution >= 0.6 is 0 Å².